The Balaban J connectivity index is 1.44. The molecule has 3 atom stereocenters. The summed E-state index contributed by atoms with van der Waals surface area (Å²) in [7, 11) is 0. The Morgan fingerprint density at radius 1 is 1.20 bits per heavy atom. The molecule has 1 saturated carbocycles. The third-order valence-electron chi connectivity index (χ3n) is 6.55. The van der Waals surface area contributed by atoms with Gasteiger partial charge in [-0.15, -0.1) is 22.7 Å². The van der Waals surface area contributed by atoms with Crippen LogP contribution in [0.25, 0.3) is 6.08 Å². The Kier molecular flexibility index (Phi) is 5.89. The standard InChI is InChI=1S/C24H29N3OS2/c1-17-6-3-11-26(15-17)16-22(28)27-24(21-10-5-13-30-21)20-9-2-7-18(23(20)25-27)14-19-8-4-12-29-19/h4-5,8,10,12-14,17,20,24H,2-3,6-7,9,11,15-16H2,1H3/b18-14-/t17-,20+,24+/m1/s1. The van der Waals surface area contributed by atoms with E-state index in [1.165, 1.54) is 28.2 Å². The highest BCUT2D eigenvalue weighted by molar-refractivity contribution is 7.11. The second-order valence-corrected chi connectivity index (χ2v) is 10.8. The second kappa shape index (κ2) is 8.77. The number of piperidine rings is 1. The van der Waals surface area contributed by atoms with Crippen molar-refractivity contribution in [1.29, 1.82) is 0 Å². The number of hydrogen-bond donors (Lipinski definition) is 0. The number of allylic oxidation sites excluding steroid dienone is 1. The summed E-state index contributed by atoms with van der Waals surface area (Å²) in [4.78, 5) is 18.3. The average Bonchev–Trinajstić information content (AvgIpc) is 3.48. The zero-order chi connectivity index (χ0) is 20.5. The summed E-state index contributed by atoms with van der Waals surface area (Å²) in [6.45, 7) is 4.82. The van der Waals surface area contributed by atoms with Gasteiger partial charge < -0.3 is 0 Å². The number of hydrogen-bond acceptors (Lipinski definition) is 5. The molecule has 0 aromatic carbocycles. The fourth-order valence-electron chi connectivity index (χ4n) is 5.18. The van der Waals surface area contributed by atoms with Crippen molar-refractivity contribution in [2.75, 3.05) is 19.6 Å². The molecule has 2 fully saturated rings. The van der Waals surface area contributed by atoms with Crippen molar-refractivity contribution >= 4 is 40.4 Å². The molecule has 2 aliphatic heterocycles. The SMILES string of the molecule is C[C@@H]1CCCN(CC(=O)N2N=C3/C(=C\c4cccs4)CCC[C@@H]3[C@H]2c2cccs2)C1. The molecule has 0 spiro atoms. The minimum Gasteiger partial charge on any atom is -0.294 e. The van der Waals surface area contributed by atoms with E-state index in [9.17, 15) is 4.79 Å². The van der Waals surface area contributed by atoms with Crippen molar-refractivity contribution in [1.82, 2.24) is 9.91 Å². The smallest absolute Gasteiger partial charge is 0.257 e. The zero-order valence-electron chi connectivity index (χ0n) is 17.5. The summed E-state index contributed by atoms with van der Waals surface area (Å²) in [6, 6.07) is 8.58. The maximum Gasteiger partial charge on any atom is 0.257 e. The Morgan fingerprint density at radius 2 is 2.07 bits per heavy atom. The van der Waals surface area contributed by atoms with E-state index < -0.39 is 0 Å². The predicted molar refractivity (Wildman–Crippen MR) is 126 cm³/mol. The van der Waals surface area contributed by atoms with E-state index in [2.05, 4.69) is 52.9 Å². The second-order valence-electron chi connectivity index (χ2n) is 8.85. The van der Waals surface area contributed by atoms with Gasteiger partial charge in [0.05, 0.1) is 18.3 Å². The third-order valence-corrected chi connectivity index (χ3v) is 8.31. The number of fused-ring (bicyclic) bond motifs is 1. The number of nitrogens with zero attached hydrogens (tertiary/aromatic N) is 3. The molecule has 5 rings (SSSR count). The van der Waals surface area contributed by atoms with Gasteiger partial charge in [0.25, 0.3) is 5.91 Å². The van der Waals surface area contributed by atoms with E-state index in [4.69, 9.17) is 5.10 Å². The minimum atomic E-state index is 0.0572. The van der Waals surface area contributed by atoms with Crippen molar-refractivity contribution in [3.63, 3.8) is 0 Å². The Morgan fingerprint density at radius 3 is 2.83 bits per heavy atom. The van der Waals surface area contributed by atoms with E-state index in [0.29, 0.717) is 18.4 Å². The average molecular weight is 440 g/mol. The van der Waals surface area contributed by atoms with Crippen molar-refractivity contribution < 1.29 is 4.79 Å². The first-order valence-corrected chi connectivity index (χ1v) is 12.9. The number of amides is 1. The van der Waals surface area contributed by atoms with Gasteiger partial charge in [-0.3, -0.25) is 9.69 Å². The van der Waals surface area contributed by atoms with Crippen LogP contribution in [-0.2, 0) is 4.79 Å². The molecule has 158 valence electrons. The fourth-order valence-corrected chi connectivity index (χ4v) is 6.74. The van der Waals surface area contributed by atoms with Crippen LogP contribution in [0.2, 0.25) is 0 Å². The van der Waals surface area contributed by atoms with E-state index in [0.717, 1.165) is 38.1 Å². The van der Waals surface area contributed by atoms with Crippen LogP contribution >= 0.6 is 22.7 Å². The topological polar surface area (TPSA) is 35.9 Å². The zero-order valence-corrected chi connectivity index (χ0v) is 19.1. The summed E-state index contributed by atoms with van der Waals surface area (Å²) < 4.78 is 0. The van der Waals surface area contributed by atoms with Gasteiger partial charge in [0.15, 0.2) is 0 Å². The van der Waals surface area contributed by atoms with Gasteiger partial charge in [-0.1, -0.05) is 19.1 Å². The van der Waals surface area contributed by atoms with Crippen molar-refractivity contribution in [2.45, 2.75) is 45.1 Å². The molecule has 0 radical (unpaired) electrons. The van der Waals surface area contributed by atoms with Gasteiger partial charge in [-0.25, -0.2) is 5.01 Å². The maximum absolute atomic E-state index is 13.5. The number of hydrazone groups is 1. The summed E-state index contributed by atoms with van der Waals surface area (Å²) in [5, 5.41) is 11.1. The number of thiophene rings is 2. The molecular weight excluding hydrogens is 410 g/mol. The van der Waals surface area contributed by atoms with Crippen LogP contribution in [0, 0.1) is 11.8 Å². The van der Waals surface area contributed by atoms with Crippen LogP contribution in [0.3, 0.4) is 0 Å². The molecule has 30 heavy (non-hydrogen) atoms. The van der Waals surface area contributed by atoms with Gasteiger partial charge in [0.1, 0.15) is 0 Å². The quantitative estimate of drug-likeness (QED) is 0.616. The Hall–Kier alpha value is -1.76. The third kappa shape index (κ3) is 4.05. The summed E-state index contributed by atoms with van der Waals surface area (Å²) in [6.07, 6.45) is 8.07. The van der Waals surface area contributed by atoms with Gasteiger partial charge in [0.2, 0.25) is 0 Å². The number of carbonyl (C=O) groups is 1. The van der Waals surface area contributed by atoms with Crippen molar-refractivity contribution in [3.05, 3.63) is 50.4 Å². The first-order chi connectivity index (χ1) is 14.7. The highest BCUT2D eigenvalue weighted by atomic mass is 32.1. The first kappa shape index (κ1) is 20.2. The van der Waals surface area contributed by atoms with E-state index in [-0.39, 0.29) is 11.9 Å². The van der Waals surface area contributed by atoms with Gasteiger partial charge in [-0.2, -0.15) is 5.10 Å². The van der Waals surface area contributed by atoms with Crippen molar-refractivity contribution in [2.24, 2.45) is 16.9 Å². The molecule has 1 amide bonds. The molecule has 1 saturated heterocycles. The Bertz CT molecular complexity index is 932. The molecule has 2 aromatic heterocycles. The van der Waals surface area contributed by atoms with Crippen LogP contribution in [0.1, 0.15) is 54.8 Å². The highest BCUT2D eigenvalue weighted by Gasteiger charge is 2.44. The lowest BCUT2D eigenvalue weighted by Gasteiger charge is -2.33. The molecule has 6 heteroatoms. The minimum absolute atomic E-state index is 0.0572. The summed E-state index contributed by atoms with van der Waals surface area (Å²) >= 11 is 3.52. The van der Waals surface area contributed by atoms with Gasteiger partial charge in [0, 0.05) is 22.2 Å². The normalized spacial score (nSPS) is 28.6. The largest absolute Gasteiger partial charge is 0.294 e. The number of likely N-dealkylation sites (tertiary alicyclic amines) is 1. The fraction of sp³-hybridized carbons (Fsp3) is 0.500. The van der Waals surface area contributed by atoms with Crippen LogP contribution in [0.15, 0.2) is 45.7 Å². The summed E-state index contributed by atoms with van der Waals surface area (Å²) in [5.41, 5.74) is 2.46. The number of rotatable bonds is 4. The van der Waals surface area contributed by atoms with Crippen LogP contribution in [0.5, 0.6) is 0 Å². The first-order valence-electron chi connectivity index (χ1n) is 11.1. The molecule has 4 nitrogen and oxygen atoms in total. The molecule has 2 aromatic rings. The van der Waals surface area contributed by atoms with E-state index in [1.807, 2.05) is 5.01 Å². The maximum atomic E-state index is 13.5. The van der Waals surface area contributed by atoms with Crippen LogP contribution in [0.4, 0.5) is 0 Å². The van der Waals surface area contributed by atoms with Crippen molar-refractivity contribution in [3.8, 4) is 0 Å². The molecule has 0 N–H and O–H groups in total. The lowest BCUT2D eigenvalue weighted by Crippen LogP contribution is -2.43. The molecule has 3 aliphatic rings. The summed E-state index contributed by atoms with van der Waals surface area (Å²) in [5.74, 6) is 1.14. The van der Waals surface area contributed by atoms with E-state index >= 15 is 0 Å². The predicted octanol–water partition coefficient (Wildman–Crippen LogP) is 5.66. The lowest BCUT2D eigenvalue weighted by molar-refractivity contribution is -0.135. The lowest BCUT2D eigenvalue weighted by atomic mass is 9.79. The monoisotopic (exact) mass is 439 g/mol. The molecular formula is C24H29N3OS2. The molecule has 0 unspecified atom stereocenters. The molecule has 0 bridgehead atoms. The Labute approximate surface area is 186 Å². The van der Waals surface area contributed by atoms with E-state index in [1.54, 1.807) is 22.7 Å². The van der Waals surface area contributed by atoms with Gasteiger partial charge in [-0.05, 0) is 79.1 Å². The number of carbonyl (C=O) groups excluding carboxylic acids is 1. The highest BCUT2D eigenvalue weighted by Crippen LogP contribution is 2.45. The molecule has 4 heterocycles. The van der Waals surface area contributed by atoms with Crippen LogP contribution < -0.4 is 0 Å². The van der Waals surface area contributed by atoms with Crippen LogP contribution in [-0.4, -0.2) is 41.2 Å². The molecule has 1 aliphatic carbocycles. The van der Waals surface area contributed by atoms with Gasteiger partial charge >= 0.3 is 0 Å².